The summed E-state index contributed by atoms with van der Waals surface area (Å²) in [6, 6.07) is 9.53. The molecule has 0 bridgehead atoms. The van der Waals surface area contributed by atoms with E-state index in [1.54, 1.807) is 24.3 Å². The Morgan fingerprint density at radius 3 is 2.53 bits per heavy atom. The zero-order valence-electron chi connectivity index (χ0n) is 10.1. The molecular weight excluding hydrogens is 264 g/mol. The molecule has 0 fully saturated rings. The third kappa shape index (κ3) is 2.39. The summed E-state index contributed by atoms with van der Waals surface area (Å²) in [4.78, 5) is 7.59. The van der Waals surface area contributed by atoms with Crippen LogP contribution in [0.1, 0.15) is 5.69 Å². The molecule has 7 heteroatoms. The summed E-state index contributed by atoms with van der Waals surface area (Å²) in [6.45, 7) is 0. The minimum atomic E-state index is -3.85. The van der Waals surface area contributed by atoms with Crippen LogP contribution in [0.5, 0.6) is 0 Å². The largest absolute Gasteiger partial charge is 0.268 e. The van der Waals surface area contributed by atoms with E-state index in [9.17, 15) is 8.42 Å². The molecule has 6 nitrogen and oxygen atoms in total. The quantitative estimate of drug-likeness (QED) is 0.838. The van der Waals surface area contributed by atoms with Gasteiger partial charge in [0.05, 0.1) is 0 Å². The van der Waals surface area contributed by atoms with Crippen LogP contribution in [0.3, 0.4) is 0 Å². The van der Waals surface area contributed by atoms with Crippen molar-refractivity contribution >= 4 is 15.8 Å². The number of rotatable bonds is 3. The van der Waals surface area contributed by atoms with Crippen molar-refractivity contribution in [3.8, 4) is 6.07 Å². The Morgan fingerprint density at radius 1 is 1.16 bits per heavy atom. The van der Waals surface area contributed by atoms with E-state index in [0.717, 1.165) is 4.31 Å². The van der Waals surface area contributed by atoms with E-state index in [2.05, 4.69) is 9.97 Å². The lowest BCUT2D eigenvalue weighted by molar-refractivity contribution is 0.593. The predicted octanol–water partition coefficient (Wildman–Crippen LogP) is 1.17. The van der Waals surface area contributed by atoms with Crippen molar-refractivity contribution in [2.45, 2.75) is 4.90 Å². The van der Waals surface area contributed by atoms with Gasteiger partial charge in [0, 0.05) is 19.4 Å². The highest BCUT2D eigenvalue weighted by Crippen LogP contribution is 2.21. The number of aromatic nitrogens is 2. The Morgan fingerprint density at radius 2 is 1.89 bits per heavy atom. The first-order valence-corrected chi connectivity index (χ1v) is 6.76. The molecule has 0 atom stereocenters. The van der Waals surface area contributed by atoms with Gasteiger partial charge in [-0.2, -0.15) is 5.26 Å². The van der Waals surface area contributed by atoms with Gasteiger partial charge in [-0.05, 0) is 24.3 Å². The summed E-state index contributed by atoms with van der Waals surface area (Å²) < 4.78 is 25.8. The van der Waals surface area contributed by atoms with E-state index >= 15 is 0 Å². The number of hydrogen-bond donors (Lipinski definition) is 0. The van der Waals surface area contributed by atoms with Gasteiger partial charge in [0.15, 0.2) is 5.69 Å². The van der Waals surface area contributed by atoms with E-state index in [4.69, 9.17) is 5.26 Å². The maximum absolute atomic E-state index is 12.4. The lowest BCUT2D eigenvalue weighted by atomic mass is 10.4. The second kappa shape index (κ2) is 5.04. The fourth-order valence-corrected chi connectivity index (χ4v) is 2.74. The third-order valence-corrected chi connectivity index (χ3v) is 4.28. The molecular formula is C12H10N4O2S. The third-order valence-electron chi connectivity index (χ3n) is 2.49. The van der Waals surface area contributed by atoms with Gasteiger partial charge < -0.3 is 0 Å². The highest BCUT2D eigenvalue weighted by atomic mass is 32.2. The summed E-state index contributed by atoms with van der Waals surface area (Å²) in [7, 11) is -2.47. The van der Waals surface area contributed by atoms with Gasteiger partial charge in [-0.3, -0.25) is 4.31 Å². The average molecular weight is 274 g/mol. The van der Waals surface area contributed by atoms with E-state index in [-0.39, 0.29) is 16.4 Å². The topological polar surface area (TPSA) is 87.0 Å². The summed E-state index contributed by atoms with van der Waals surface area (Å²) in [5, 5.41) is 8.92. The molecule has 19 heavy (non-hydrogen) atoms. The molecule has 0 aliphatic carbocycles. The molecule has 96 valence electrons. The van der Waals surface area contributed by atoms with Crippen LogP contribution in [0.4, 0.5) is 5.82 Å². The molecule has 2 aromatic heterocycles. The van der Waals surface area contributed by atoms with E-state index in [1.807, 2.05) is 0 Å². The van der Waals surface area contributed by atoms with Gasteiger partial charge >= 0.3 is 0 Å². The van der Waals surface area contributed by atoms with Crippen LogP contribution in [0, 0.1) is 11.3 Å². The maximum atomic E-state index is 12.4. The first-order chi connectivity index (χ1) is 9.07. The number of anilines is 1. The molecule has 0 aliphatic heterocycles. The Bertz CT molecular complexity index is 723. The van der Waals surface area contributed by atoms with Crippen molar-refractivity contribution in [2.75, 3.05) is 11.4 Å². The monoisotopic (exact) mass is 274 g/mol. The normalized spacial score (nSPS) is 10.7. The fraction of sp³-hybridized carbons (Fsp3) is 0.0833. The molecule has 0 aliphatic rings. The molecule has 0 saturated heterocycles. The van der Waals surface area contributed by atoms with Crippen LogP contribution in [-0.2, 0) is 10.0 Å². The first kappa shape index (κ1) is 13.0. The Balaban J connectivity index is 2.52. The summed E-state index contributed by atoms with van der Waals surface area (Å²) in [5.41, 5.74) is -0.134. The second-order valence-electron chi connectivity index (χ2n) is 3.62. The van der Waals surface area contributed by atoms with Crippen LogP contribution in [-0.4, -0.2) is 25.4 Å². The molecule has 2 rings (SSSR count). The molecule has 0 saturated carbocycles. The first-order valence-electron chi connectivity index (χ1n) is 5.32. The molecule has 2 aromatic rings. The van der Waals surface area contributed by atoms with E-state index in [1.165, 1.54) is 31.6 Å². The highest BCUT2D eigenvalue weighted by Gasteiger charge is 2.25. The van der Waals surface area contributed by atoms with E-state index < -0.39 is 10.0 Å². The van der Waals surface area contributed by atoms with Crippen molar-refractivity contribution < 1.29 is 8.42 Å². The van der Waals surface area contributed by atoms with Crippen molar-refractivity contribution in [1.29, 1.82) is 5.26 Å². The standard InChI is InChI=1S/C12H10N4O2S/c1-16(12-6-2-3-7-15-12)19(17,18)11-5-4-8-14-10(11)9-13/h2-8H,1H3. The molecule has 0 radical (unpaired) electrons. The van der Waals surface area contributed by atoms with Crippen molar-refractivity contribution in [3.63, 3.8) is 0 Å². The van der Waals surface area contributed by atoms with Gasteiger partial charge in [-0.15, -0.1) is 0 Å². The molecule has 0 spiro atoms. The molecule has 0 unspecified atom stereocenters. The minimum absolute atomic E-state index is 0.134. The summed E-state index contributed by atoms with van der Waals surface area (Å²) in [6.07, 6.45) is 2.87. The van der Waals surface area contributed by atoms with Crippen molar-refractivity contribution in [2.24, 2.45) is 0 Å². The van der Waals surface area contributed by atoms with Gasteiger partial charge in [0.25, 0.3) is 10.0 Å². The van der Waals surface area contributed by atoms with Crippen LogP contribution in [0.15, 0.2) is 47.6 Å². The van der Waals surface area contributed by atoms with Crippen LogP contribution < -0.4 is 4.31 Å². The lowest BCUT2D eigenvalue weighted by Gasteiger charge is -2.18. The molecule has 0 N–H and O–H groups in total. The average Bonchev–Trinajstić information content (AvgIpc) is 2.47. The summed E-state index contributed by atoms with van der Waals surface area (Å²) >= 11 is 0. The fourth-order valence-electron chi connectivity index (χ4n) is 1.49. The minimum Gasteiger partial charge on any atom is -0.253 e. The summed E-state index contributed by atoms with van der Waals surface area (Å²) in [5.74, 6) is 0.273. The Labute approximate surface area is 111 Å². The maximum Gasteiger partial charge on any atom is 0.268 e. The number of sulfonamides is 1. The van der Waals surface area contributed by atoms with Gasteiger partial charge in [0.2, 0.25) is 0 Å². The number of nitriles is 1. The number of nitrogens with zero attached hydrogens (tertiary/aromatic N) is 4. The van der Waals surface area contributed by atoms with Crippen LogP contribution in [0.25, 0.3) is 0 Å². The zero-order chi connectivity index (χ0) is 13.9. The van der Waals surface area contributed by atoms with Crippen LogP contribution in [0.2, 0.25) is 0 Å². The SMILES string of the molecule is CN(c1ccccn1)S(=O)(=O)c1cccnc1C#N. The number of pyridine rings is 2. The van der Waals surface area contributed by atoms with Crippen molar-refractivity contribution in [3.05, 3.63) is 48.4 Å². The Kier molecular flexibility index (Phi) is 3.44. The lowest BCUT2D eigenvalue weighted by Crippen LogP contribution is -2.28. The zero-order valence-corrected chi connectivity index (χ0v) is 10.9. The molecule has 0 amide bonds. The highest BCUT2D eigenvalue weighted by molar-refractivity contribution is 7.92. The predicted molar refractivity (Wildman–Crippen MR) is 68.8 cm³/mol. The Hall–Kier alpha value is -2.46. The molecule has 2 heterocycles. The van der Waals surface area contributed by atoms with Gasteiger partial charge in [-0.25, -0.2) is 18.4 Å². The molecule has 0 aromatic carbocycles. The van der Waals surface area contributed by atoms with Crippen molar-refractivity contribution in [1.82, 2.24) is 9.97 Å². The number of hydrogen-bond acceptors (Lipinski definition) is 5. The smallest absolute Gasteiger partial charge is 0.253 e. The van der Waals surface area contributed by atoms with Gasteiger partial charge in [0.1, 0.15) is 16.8 Å². The second-order valence-corrected chi connectivity index (χ2v) is 5.56. The van der Waals surface area contributed by atoms with Crippen LogP contribution >= 0.6 is 0 Å². The van der Waals surface area contributed by atoms with E-state index in [0.29, 0.717) is 0 Å². The van der Waals surface area contributed by atoms with Gasteiger partial charge in [-0.1, -0.05) is 6.07 Å².